The van der Waals surface area contributed by atoms with Gasteiger partial charge in [-0.2, -0.15) is 0 Å². The zero-order valence-electron chi connectivity index (χ0n) is 10.3. The van der Waals surface area contributed by atoms with E-state index in [-0.39, 0.29) is 5.91 Å². The fraction of sp³-hybridized carbons (Fsp3) is 0.917. The van der Waals surface area contributed by atoms with E-state index in [0.717, 1.165) is 26.1 Å². The molecule has 0 saturated carbocycles. The molecule has 0 aliphatic carbocycles. The summed E-state index contributed by atoms with van der Waals surface area (Å²) >= 11 is 0. The van der Waals surface area contributed by atoms with Crippen LogP contribution in [0.1, 0.15) is 40.0 Å². The number of piperidine rings is 1. The first-order chi connectivity index (χ1) is 7.17. The van der Waals surface area contributed by atoms with Crippen molar-refractivity contribution in [3.05, 3.63) is 0 Å². The number of nitrogens with zero attached hydrogens (tertiary/aromatic N) is 1. The minimum absolute atomic E-state index is 0.219. The number of likely N-dealkylation sites (tertiary alicyclic amines) is 1. The number of hydrogen-bond donors (Lipinski definition) is 1. The Balaban J connectivity index is 2.47. The molecule has 0 spiro atoms. The monoisotopic (exact) mass is 212 g/mol. The van der Waals surface area contributed by atoms with E-state index in [2.05, 4.69) is 19.2 Å². The lowest BCUT2D eigenvalue weighted by atomic mass is 9.92. The maximum absolute atomic E-state index is 11.4. The molecule has 88 valence electrons. The third-order valence-corrected chi connectivity index (χ3v) is 3.24. The summed E-state index contributed by atoms with van der Waals surface area (Å²) in [6, 6.07) is 0.507. The molecule has 1 saturated heterocycles. The van der Waals surface area contributed by atoms with Crippen LogP contribution in [0.2, 0.25) is 0 Å². The molecule has 0 aromatic carbocycles. The third kappa shape index (κ3) is 3.82. The Kier molecular flexibility index (Phi) is 5.09. The first-order valence-electron chi connectivity index (χ1n) is 6.16. The molecule has 0 radical (unpaired) electrons. The Bertz CT molecular complexity index is 206. The van der Waals surface area contributed by atoms with Crippen LogP contribution in [0.4, 0.5) is 0 Å². The lowest BCUT2D eigenvalue weighted by molar-refractivity contribution is -0.131. The summed E-state index contributed by atoms with van der Waals surface area (Å²) in [4.78, 5) is 13.4. The highest BCUT2D eigenvalue weighted by Crippen LogP contribution is 2.19. The Morgan fingerprint density at radius 3 is 2.67 bits per heavy atom. The van der Waals surface area contributed by atoms with Gasteiger partial charge < -0.3 is 10.2 Å². The zero-order chi connectivity index (χ0) is 11.3. The van der Waals surface area contributed by atoms with Crippen LogP contribution in [0.25, 0.3) is 0 Å². The lowest BCUT2D eigenvalue weighted by Crippen LogP contribution is -2.50. The summed E-state index contributed by atoms with van der Waals surface area (Å²) in [6.45, 7) is 8.98. The molecule has 1 N–H and O–H groups in total. The Morgan fingerprint density at radius 2 is 2.13 bits per heavy atom. The standard InChI is InChI=1S/C12H24N2O/c1-4-6-13-12-7-11(5-2)8-14(9-12)10(3)15/h11-13H,4-9H2,1-3H3. The molecule has 0 bridgehead atoms. The van der Waals surface area contributed by atoms with Gasteiger partial charge >= 0.3 is 0 Å². The molecule has 15 heavy (non-hydrogen) atoms. The zero-order valence-corrected chi connectivity index (χ0v) is 10.3. The topological polar surface area (TPSA) is 32.3 Å². The fourth-order valence-corrected chi connectivity index (χ4v) is 2.25. The van der Waals surface area contributed by atoms with E-state index >= 15 is 0 Å². The highest BCUT2D eigenvalue weighted by molar-refractivity contribution is 5.73. The van der Waals surface area contributed by atoms with Gasteiger partial charge in [0.15, 0.2) is 0 Å². The van der Waals surface area contributed by atoms with Gasteiger partial charge in [-0.1, -0.05) is 20.3 Å². The molecule has 0 aromatic rings. The van der Waals surface area contributed by atoms with Crippen LogP contribution in [-0.4, -0.2) is 36.5 Å². The van der Waals surface area contributed by atoms with Crippen molar-refractivity contribution in [3.8, 4) is 0 Å². The van der Waals surface area contributed by atoms with Gasteiger partial charge in [0.2, 0.25) is 5.91 Å². The second kappa shape index (κ2) is 6.11. The highest BCUT2D eigenvalue weighted by Gasteiger charge is 2.26. The average molecular weight is 212 g/mol. The maximum Gasteiger partial charge on any atom is 0.219 e. The average Bonchev–Trinajstić information content (AvgIpc) is 2.25. The van der Waals surface area contributed by atoms with Crippen LogP contribution >= 0.6 is 0 Å². The fourth-order valence-electron chi connectivity index (χ4n) is 2.25. The summed E-state index contributed by atoms with van der Waals surface area (Å²) in [5, 5.41) is 3.53. The predicted octanol–water partition coefficient (Wildman–Crippen LogP) is 1.63. The first kappa shape index (κ1) is 12.5. The summed E-state index contributed by atoms with van der Waals surface area (Å²) in [7, 11) is 0. The molecule has 1 aliphatic rings. The molecule has 2 atom stereocenters. The Labute approximate surface area is 93.2 Å². The van der Waals surface area contributed by atoms with Gasteiger partial charge in [-0.15, -0.1) is 0 Å². The number of carbonyl (C=O) groups is 1. The summed E-state index contributed by atoms with van der Waals surface area (Å²) in [5.74, 6) is 0.897. The van der Waals surface area contributed by atoms with E-state index in [0.29, 0.717) is 12.0 Å². The molecule has 2 unspecified atom stereocenters. The molecule has 3 heteroatoms. The van der Waals surface area contributed by atoms with Gasteiger partial charge in [-0.3, -0.25) is 4.79 Å². The summed E-state index contributed by atoms with van der Waals surface area (Å²) < 4.78 is 0. The second-order valence-corrected chi connectivity index (χ2v) is 4.59. The summed E-state index contributed by atoms with van der Waals surface area (Å²) in [6.07, 6.45) is 3.56. The molecule has 1 rings (SSSR count). The van der Waals surface area contributed by atoms with Gasteiger partial charge in [0, 0.05) is 26.1 Å². The molecule has 1 fully saturated rings. The van der Waals surface area contributed by atoms with Crippen molar-refractivity contribution < 1.29 is 4.79 Å². The molecule has 0 aromatic heterocycles. The Morgan fingerprint density at radius 1 is 1.40 bits per heavy atom. The summed E-state index contributed by atoms with van der Waals surface area (Å²) in [5.41, 5.74) is 0. The Hall–Kier alpha value is -0.570. The molecule has 1 amide bonds. The molecular weight excluding hydrogens is 188 g/mol. The van der Waals surface area contributed by atoms with E-state index in [9.17, 15) is 4.79 Å². The van der Waals surface area contributed by atoms with Crippen molar-refractivity contribution in [2.24, 2.45) is 5.92 Å². The van der Waals surface area contributed by atoms with E-state index < -0.39 is 0 Å². The number of nitrogens with one attached hydrogen (secondary N) is 1. The van der Waals surface area contributed by atoms with Crippen molar-refractivity contribution in [1.29, 1.82) is 0 Å². The quantitative estimate of drug-likeness (QED) is 0.768. The van der Waals surface area contributed by atoms with Gasteiger partial charge in [0.1, 0.15) is 0 Å². The van der Waals surface area contributed by atoms with Crippen LogP contribution in [0.15, 0.2) is 0 Å². The lowest BCUT2D eigenvalue weighted by Gasteiger charge is -2.37. The molecular formula is C12H24N2O. The number of amides is 1. The minimum atomic E-state index is 0.219. The highest BCUT2D eigenvalue weighted by atomic mass is 16.2. The number of carbonyl (C=O) groups excluding carboxylic acids is 1. The van der Waals surface area contributed by atoms with Crippen LogP contribution in [-0.2, 0) is 4.79 Å². The van der Waals surface area contributed by atoms with Crippen molar-refractivity contribution in [1.82, 2.24) is 10.2 Å². The van der Waals surface area contributed by atoms with Crippen LogP contribution < -0.4 is 5.32 Å². The SMILES string of the molecule is CCCNC1CC(CC)CN(C(C)=O)C1. The maximum atomic E-state index is 11.4. The van der Waals surface area contributed by atoms with Gasteiger partial charge in [0.25, 0.3) is 0 Å². The van der Waals surface area contributed by atoms with Crippen LogP contribution in [0.5, 0.6) is 0 Å². The normalized spacial score (nSPS) is 26.7. The van der Waals surface area contributed by atoms with Crippen molar-refractivity contribution >= 4 is 5.91 Å². The molecule has 1 heterocycles. The van der Waals surface area contributed by atoms with E-state index in [1.165, 1.54) is 12.8 Å². The van der Waals surface area contributed by atoms with Crippen LogP contribution in [0.3, 0.4) is 0 Å². The molecule has 3 nitrogen and oxygen atoms in total. The first-order valence-corrected chi connectivity index (χ1v) is 6.16. The van der Waals surface area contributed by atoms with E-state index in [1.807, 2.05) is 4.90 Å². The van der Waals surface area contributed by atoms with Crippen LogP contribution in [0, 0.1) is 5.92 Å². The van der Waals surface area contributed by atoms with Crippen molar-refractivity contribution in [2.75, 3.05) is 19.6 Å². The van der Waals surface area contributed by atoms with E-state index in [1.54, 1.807) is 6.92 Å². The predicted molar refractivity (Wildman–Crippen MR) is 62.7 cm³/mol. The minimum Gasteiger partial charge on any atom is -0.341 e. The number of hydrogen-bond acceptors (Lipinski definition) is 2. The van der Waals surface area contributed by atoms with Crippen molar-refractivity contribution in [2.45, 2.75) is 46.1 Å². The largest absolute Gasteiger partial charge is 0.341 e. The number of rotatable bonds is 4. The second-order valence-electron chi connectivity index (χ2n) is 4.59. The smallest absolute Gasteiger partial charge is 0.219 e. The third-order valence-electron chi connectivity index (χ3n) is 3.24. The van der Waals surface area contributed by atoms with Gasteiger partial charge in [0.05, 0.1) is 0 Å². The van der Waals surface area contributed by atoms with Gasteiger partial charge in [-0.25, -0.2) is 0 Å². The molecule has 1 aliphatic heterocycles. The van der Waals surface area contributed by atoms with Gasteiger partial charge in [-0.05, 0) is 25.3 Å². The van der Waals surface area contributed by atoms with Crippen molar-refractivity contribution in [3.63, 3.8) is 0 Å². The van der Waals surface area contributed by atoms with E-state index in [4.69, 9.17) is 0 Å².